The molecule has 4 nitrogen and oxygen atoms in total. The number of ether oxygens (including phenoxy) is 1. The van der Waals surface area contributed by atoms with Gasteiger partial charge in [-0.1, -0.05) is 12.1 Å². The first-order valence-electron chi connectivity index (χ1n) is 7.84. The van der Waals surface area contributed by atoms with E-state index in [1.807, 2.05) is 24.3 Å². The third-order valence-electron chi connectivity index (χ3n) is 4.78. The molecule has 1 unspecified atom stereocenters. The molecule has 1 atom stereocenters. The maximum absolute atomic E-state index is 11.6. The third kappa shape index (κ3) is 3.27. The highest BCUT2D eigenvalue weighted by Gasteiger charge is 2.39. The van der Waals surface area contributed by atoms with Crippen LogP contribution in [0.3, 0.4) is 0 Å². The number of nitrogens with one attached hydrogen (secondary N) is 1. The monoisotopic (exact) mass is 288 g/mol. The van der Waals surface area contributed by atoms with Crippen LogP contribution in [0.2, 0.25) is 0 Å². The van der Waals surface area contributed by atoms with E-state index in [1.54, 1.807) is 6.92 Å². The van der Waals surface area contributed by atoms with Gasteiger partial charge in [-0.05, 0) is 50.4 Å². The van der Waals surface area contributed by atoms with Crippen molar-refractivity contribution in [3.63, 3.8) is 0 Å². The Morgan fingerprint density at radius 1 is 1.38 bits per heavy atom. The predicted molar refractivity (Wildman–Crippen MR) is 82.9 cm³/mol. The van der Waals surface area contributed by atoms with Crippen LogP contribution < -0.4 is 10.1 Å². The molecule has 0 saturated carbocycles. The van der Waals surface area contributed by atoms with Crippen molar-refractivity contribution in [3.05, 3.63) is 29.8 Å². The Labute approximate surface area is 126 Å². The standard InChI is InChI=1S/C17H24N2O2/c1-14(20)15-4-2-3-5-16(15)21-11-10-19-9-7-17(13-19)6-8-18-12-17/h2-5,18H,6-13H2,1H3. The highest BCUT2D eigenvalue weighted by atomic mass is 16.5. The molecule has 1 spiro atoms. The van der Waals surface area contributed by atoms with E-state index in [-0.39, 0.29) is 5.78 Å². The summed E-state index contributed by atoms with van der Waals surface area (Å²) < 4.78 is 5.83. The maximum Gasteiger partial charge on any atom is 0.163 e. The molecule has 21 heavy (non-hydrogen) atoms. The van der Waals surface area contributed by atoms with E-state index in [0.717, 1.165) is 19.6 Å². The molecule has 2 fully saturated rings. The maximum atomic E-state index is 11.6. The van der Waals surface area contributed by atoms with Gasteiger partial charge in [0.1, 0.15) is 12.4 Å². The molecule has 0 amide bonds. The molecule has 1 aromatic rings. The minimum Gasteiger partial charge on any atom is -0.491 e. The minimum atomic E-state index is 0.0581. The third-order valence-corrected chi connectivity index (χ3v) is 4.78. The van der Waals surface area contributed by atoms with Crippen LogP contribution >= 0.6 is 0 Å². The van der Waals surface area contributed by atoms with Gasteiger partial charge in [0.05, 0.1) is 5.56 Å². The Morgan fingerprint density at radius 3 is 3.00 bits per heavy atom. The van der Waals surface area contributed by atoms with Crippen molar-refractivity contribution >= 4 is 5.78 Å². The van der Waals surface area contributed by atoms with Gasteiger partial charge in [0, 0.05) is 19.6 Å². The van der Waals surface area contributed by atoms with E-state index >= 15 is 0 Å². The zero-order chi connectivity index (χ0) is 14.7. The van der Waals surface area contributed by atoms with Crippen LogP contribution in [0.25, 0.3) is 0 Å². The van der Waals surface area contributed by atoms with E-state index in [1.165, 1.54) is 25.9 Å². The molecule has 114 valence electrons. The van der Waals surface area contributed by atoms with Gasteiger partial charge in [-0.2, -0.15) is 0 Å². The molecule has 3 rings (SSSR count). The van der Waals surface area contributed by atoms with Gasteiger partial charge in [-0.25, -0.2) is 0 Å². The van der Waals surface area contributed by atoms with Gasteiger partial charge in [0.25, 0.3) is 0 Å². The average Bonchev–Trinajstić information content (AvgIpc) is 3.10. The number of carbonyl (C=O) groups excluding carboxylic acids is 1. The number of ketones is 1. The van der Waals surface area contributed by atoms with E-state index < -0.39 is 0 Å². The Bertz CT molecular complexity index is 509. The fourth-order valence-electron chi connectivity index (χ4n) is 3.53. The lowest BCUT2D eigenvalue weighted by atomic mass is 9.87. The highest BCUT2D eigenvalue weighted by Crippen LogP contribution is 2.35. The molecule has 2 aliphatic rings. The van der Waals surface area contributed by atoms with Crippen molar-refractivity contribution in [2.24, 2.45) is 5.41 Å². The Balaban J connectivity index is 1.50. The van der Waals surface area contributed by atoms with Gasteiger partial charge in [0.15, 0.2) is 5.78 Å². The lowest BCUT2D eigenvalue weighted by Gasteiger charge is -2.22. The smallest absolute Gasteiger partial charge is 0.163 e. The topological polar surface area (TPSA) is 41.6 Å². The normalized spacial score (nSPS) is 25.6. The molecule has 4 heteroatoms. The van der Waals surface area contributed by atoms with E-state index in [2.05, 4.69) is 10.2 Å². The first kappa shape index (κ1) is 14.5. The second-order valence-corrected chi connectivity index (χ2v) is 6.35. The molecule has 1 N–H and O–H groups in total. The molecule has 0 aromatic heterocycles. The van der Waals surface area contributed by atoms with Gasteiger partial charge >= 0.3 is 0 Å². The fourth-order valence-corrected chi connectivity index (χ4v) is 3.53. The molecule has 1 aromatic carbocycles. The van der Waals surface area contributed by atoms with Crippen molar-refractivity contribution in [2.45, 2.75) is 19.8 Å². The number of hydrogen-bond donors (Lipinski definition) is 1. The summed E-state index contributed by atoms with van der Waals surface area (Å²) in [6.07, 6.45) is 2.60. The Kier molecular flexibility index (Phi) is 4.27. The zero-order valence-electron chi connectivity index (χ0n) is 12.7. The van der Waals surface area contributed by atoms with E-state index in [4.69, 9.17) is 4.74 Å². The highest BCUT2D eigenvalue weighted by molar-refractivity contribution is 5.96. The van der Waals surface area contributed by atoms with E-state index in [0.29, 0.717) is 23.3 Å². The van der Waals surface area contributed by atoms with Crippen molar-refractivity contribution in [2.75, 3.05) is 39.3 Å². The summed E-state index contributed by atoms with van der Waals surface area (Å²) >= 11 is 0. The fraction of sp³-hybridized carbons (Fsp3) is 0.588. The summed E-state index contributed by atoms with van der Waals surface area (Å²) in [5, 5.41) is 3.48. The second-order valence-electron chi connectivity index (χ2n) is 6.35. The van der Waals surface area contributed by atoms with Crippen LogP contribution in [-0.2, 0) is 0 Å². The summed E-state index contributed by atoms with van der Waals surface area (Å²) in [4.78, 5) is 14.0. The van der Waals surface area contributed by atoms with Crippen molar-refractivity contribution < 1.29 is 9.53 Å². The SMILES string of the molecule is CC(=O)c1ccccc1OCCN1CCC2(CCNC2)C1. The van der Waals surface area contributed by atoms with Gasteiger partial charge in [0.2, 0.25) is 0 Å². The Morgan fingerprint density at radius 2 is 2.24 bits per heavy atom. The Hall–Kier alpha value is -1.39. The lowest BCUT2D eigenvalue weighted by Crippen LogP contribution is -2.31. The zero-order valence-corrected chi connectivity index (χ0v) is 12.7. The molecule has 0 aliphatic carbocycles. The number of Topliss-reactive ketones (excluding diaryl/α,β-unsaturated/α-hetero) is 1. The van der Waals surface area contributed by atoms with Crippen LogP contribution in [0.15, 0.2) is 24.3 Å². The molecule has 2 heterocycles. The number of rotatable bonds is 5. The van der Waals surface area contributed by atoms with Crippen molar-refractivity contribution in [3.8, 4) is 5.75 Å². The summed E-state index contributed by atoms with van der Waals surface area (Å²) in [5.41, 5.74) is 1.19. The van der Waals surface area contributed by atoms with Crippen LogP contribution in [0.4, 0.5) is 0 Å². The first-order chi connectivity index (χ1) is 10.2. The summed E-state index contributed by atoms with van der Waals surface area (Å²) in [6, 6.07) is 7.49. The molecule has 2 saturated heterocycles. The molecule has 0 bridgehead atoms. The van der Waals surface area contributed by atoms with Crippen LogP contribution in [0.1, 0.15) is 30.1 Å². The number of hydrogen-bond acceptors (Lipinski definition) is 4. The largest absolute Gasteiger partial charge is 0.491 e. The van der Waals surface area contributed by atoms with Gasteiger partial charge in [-0.3, -0.25) is 9.69 Å². The molecule has 0 radical (unpaired) electrons. The molecular formula is C17H24N2O2. The molecular weight excluding hydrogens is 264 g/mol. The lowest BCUT2D eigenvalue weighted by molar-refractivity contribution is 0.101. The van der Waals surface area contributed by atoms with Crippen molar-refractivity contribution in [1.82, 2.24) is 10.2 Å². The number of likely N-dealkylation sites (tertiary alicyclic amines) is 1. The first-order valence-corrected chi connectivity index (χ1v) is 7.84. The summed E-state index contributed by atoms with van der Waals surface area (Å²) in [7, 11) is 0. The van der Waals surface area contributed by atoms with Crippen LogP contribution in [-0.4, -0.2) is 50.0 Å². The summed E-state index contributed by atoms with van der Waals surface area (Å²) in [6.45, 7) is 7.84. The van der Waals surface area contributed by atoms with Crippen LogP contribution in [0.5, 0.6) is 5.75 Å². The van der Waals surface area contributed by atoms with Gasteiger partial charge < -0.3 is 10.1 Å². The minimum absolute atomic E-state index is 0.0581. The van der Waals surface area contributed by atoms with Gasteiger partial charge in [-0.15, -0.1) is 0 Å². The number of para-hydroxylation sites is 1. The predicted octanol–water partition coefficient (Wildman–Crippen LogP) is 1.95. The summed E-state index contributed by atoms with van der Waals surface area (Å²) in [5.74, 6) is 0.768. The quantitative estimate of drug-likeness (QED) is 0.841. The number of carbonyl (C=O) groups is 1. The molecule has 2 aliphatic heterocycles. The van der Waals surface area contributed by atoms with Crippen LogP contribution in [0, 0.1) is 5.41 Å². The number of nitrogens with zero attached hydrogens (tertiary/aromatic N) is 1. The number of benzene rings is 1. The van der Waals surface area contributed by atoms with Crippen molar-refractivity contribution in [1.29, 1.82) is 0 Å². The second kappa shape index (κ2) is 6.16. The average molecular weight is 288 g/mol. The van der Waals surface area contributed by atoms with E-state index in [9.17, 15) is 4.79 Å².